The molecule has 29 heavy (non-hydrogen) atoms. The molecule has 1 heterocycles. The van der Waals surface area contributed by atoms with Gasteiger partial charge in [0.15, 0.2) is 0 Å². The predicted octanol–water partition coefficient (Wildman–Crippen LogP) is 4.22. The van der Waals surface area contributed by atoms with E-state index in [0.717, 1.165) is 17.3 Å². The third kappa shape index (κ3) is 5.55. The molecule has 0 unspecified atom stereocenters. The second-order valence-electron chi connectivity index (χ2n) is 6.28. The van der Waals surface area contributed by atoms with Gasteiger partial charge in [-0.25, -0.2) is 4.79 Å². The Morgan fingerprint density at radius 1 is 1.14 bits per heavy atom. The fourth-order valence-electron chi connectivity index (χ4n) is 2.55. The molecule has 1 aromatic heterocycles. The summed E-state index contributed by atoms with van der Waals surface area (Å²) >= 11 is 5.81. The minimum Gasteiger partial charge on any atom is -0.444 e. The number of carbonyl (C=O) groups is 2. The Labute approximate surface area is 171 Å². The fraction of sp³-hybridized carbons (Fsp3) is 0.150. The van der Waals surface area contributed by atoms with Gasteiger partial charge < -0.3 is 9.64 Å². The van der Waals surface area contributed by atoms with Gasteiger partial charge in [0.2, 0.25) is 5.95 Å². The number of amides is 2. The summed E-state index contributed by atoms with van der Waals surface area (Å²) in [5.41, 5.74) is 2.06. The van der Waals surface area contributed by atoms with E-state index in [1.807, 2.05) is 0 Å². The molecule has 0 bridgehead atoms. The van der Waals surface area contributed by atoms with Crippen LogP contribution in [0.4, 0.5) is 14.9 Å². The van der Waals surface area contributed by atoms with E-state index in [1.54, 1.807) is 55.6 Å². The van der Waals surface area contributed by atoms with Crippen LogP contribution >= 0.6 is 11.6 Å². The first kappa shape index (κ1) is 20.3. The van der Waals surface area contributed by atoms with Crippen molar-refractivity contribution < 1.29 is 18.7 Å². The number of halogens is 2. The van der Waals surface area contributed by atoms with Crippen LogP contribution in [0.5, 0.6) is 0 Å². The first-order valence-electron chi connectivity index (χ1n) is 8.64. The lowest BCUT2D eigenvalue weighted by Gasteiger charge is -2.16. The van der Waals surface area contributed by atoms with E-state index in [0.29, 0.717) is 10.7 Å². The van der Waals surface area contributed by atoms with Gasteiger partial charge in [0.1, 0.15) is 12.2 Å². The molecule has 2 amide bonds. The Hall–Kier alpha value is -3.39. The molecule has 0 atom stereocenters. The zero-order valence-corrected chi connectivity index (χ0v) is 16.2. The Bertz CT molecular complexity index is 990. The Morgan fingerprint density at radius 3 is 2.41 bits per heavy atom. The van der Waals surface area contributed by atoms with Crippen molar-refractivity contribution in [3.63, 3.8) is 0 Å². The van der Waals surface area contributed by atoms with Crippen molar-refractivity contribution in [1.29, 1.82) is 0 Å². The van der Waals surface area contributed by atoms with Gasteiger partial charge in [-0.1, -0.05) is 35.9 Å². The molecule has 2 N–H and O–H groups in total. The summed E-state index contributed by atoms with van der Waals surface area (Å²) in [6.07, 6.45) is 0.562. The number of carbonyl (C=O) groups excluding carboxylic acids is 2. The third-order valence-electron chi connectivity index (χ3n) is 4.07. The van der Waals surface area contributed by atoms with Gasteiger partial charge in [-0.05, 0) is 35.4 Å². The lowest BCUT2D eigenvalue weighted by molar-refractivity contribution is 0.0780. The van der Waals surface area contributed by atoms with E-state index in [9.17, 15) is 14.0 Å². The third-order valence-corrected chi connectivity index (χ3v) is 4.33. The molecule has 0 saturated carbocycles. The summed E-state index contributed by atoms with van der Waals surface area (Å²) in [6, 6.07) is 13.9. The van der Waals surface area contributed by atoms with Crippen molar-refractivity contribution in [3.8, 4) is 0 Å². The first-order chi connectivity index (χ1) is 13.9. The summed E-state index contributed by atoms with van der Waals surface area (Å²) in [5, 5.41) is 8.84. The van der Waals surface area contributed by atoms with E-state index in [2.05, 4.69) is 15.5 Å². The maximum absolute atomic E-state index is 13.4. The SMILES string of the molecule is CN(Cc1ccc(NC(=O)OCc2ccc(Cl)cc2)cc1)C(=O)c1cn[nH]c1F. The van der Waals surface area contributed by atoms with Crippen LogP contribution < -0.4 is 5.32 Å². The number of hydrogen-bond acceptors (Lipinski definition) is 4. The van der Waals surface area contributed by atoms with Crippen LogP contribution in [0.1, 0.15) is 21.5 Å². The number of aromatic amines is 1. The standard InChI is InChI=1S/C20H18ClFN4O3/c1-26(19(27)17-10-23-25-18(17)22)11-13-4-8-16(9-5-13)24-20(28)29-12-14-2-6-15(21)7-3-14/h2-10H,11-12H2,1H3,(H,23,25)(H,24,28). The number of ether oxygens (including phenoxy) is 1. The highest BCUT2D eigenvalue weighted by Crippen LogP contribution is 2.14. The van der Waals surface area contributed by atoms with Gasteiger partial charge in [0.05, 0.1) is 6.20 Å². The largest absolute Gasteiger partial charge is 0.444 e. The van der Waals surface area contributed by atoms with Crippen molar-refractivity contribution in [2.45, 2.75) is 13.2 Å². The molecule has 150 valence electrons. The minimum absolute atomic E-state index is 0.116. The molecule has 0 fully saturated rings. The van der Waals surface area contributed by atoms with Crippen LogP contribution in [0.3, 0.4) is 0 Å². The lowest BCUT2D eigenvalue weighted by atomic mass is 10.2. The average Bonchev–Trinajstić information content (AvgIpc) is 3.14. The van der Waals surface area contributed by atoms with Crippen LogP contribution in [0, 0.1) is 5.95 Å². The molecule has 0 aliphatic carbocycles. The summed E-state index contributed by atoms with van der Waals surface area (Å²) < 4.78 is 18.6. The Balaban J connectivity index is 1.50. The second kappa shape index (κ2) is 9.20. The number of rotatable bonds is 6. The summed E-state index contributed by atoms with van der Waals surface area (Å²) in [5.74, 6) is -1.25. The molecular weight excluding hydrogens is 399 g/mol. The van der Waals surface area contributed by atoms with Crippen LogP contribution in [-0.4, -0.2) is 34.1 Å². The van der Waals surface area contributed by atoms with Crippen molar-refractivity contribution in [2.24, 2.45) is 0 Å². The van der Waals surface area contributed by atoms with E-state index in [4.69, 9.17) is 16.3 Å². The van der Waals surface area contributed by atoms with Gasteiger partial charge in [-0.3, -0.25) is 15.2 Å². The molecule has 0 aliphatic heterocycles. The number of benzene rings is 2. The number of H-pyrrole nitrogens is 1. The summed E-state index contributed by atoms with van der Waals surface area (Å²) in [7, 11) is 1.56. The van der Waals surface area contributed by atoms with E-state index in [-0.39, 0.29) is 18.7 Å². The number of nitrogens with one attached hydrogen (secondary N) is 2. The molecule has 9 heteroatoms. The number of anilines is 1. The van der Waals surface area contributed by atoms with Crippen molar-refractivity contribution in [2.75, 3.05) is 12.4 Å². The maximum atomic E-state index is 13.4. The monoisotopic (exact) mass is 416 g/mol. The van der Waals surface area contributed by atoms with Crippen LogP contribution in [-0.2, 0) is 17.9 Å². The molecule has 2 aromatic carbocycles. The molecule has 0 radical (unpaired) electrons. The molecule has 0 aliphatic rings. The molecular formula is C20H18ClFN4O3. The van der Waals surface area contributed by atoms with Gasteiger partial charge in [0.25, 0.3) is 5.91 Å². The quantitative estimate of drug-likeness (QED) is 0.629. The van der Waals surface area contributed by atoms with E-state index >= 15 is 0 Å². The van der Waals surface area contributed by atoms with Crippen molar-refractivity contribution in [1.82, 2.24) is 15.1 Å². The van der Waals surface area contributed by atoms with Crippen LogP contribution in [0.15, 0.2) is 54.7 Å². The lowest BCUT2D eigenvalue weighted by Crippen LogP contribution is -2.26. The van der Waals surface area contributed by atoms with Gasteiger partial charge in [-0.15, -0.1) is 0 Å². The highest BCUT2D eigenvalue weighted by atomic mass is 35.5. The molecule has 0 saturated heterocycles. The Morgan fingerprint density at radius 2 is 1.79 bits per heavy atom. The molecule has 7 nitrogen and oxygen atoms in total. The smallest absolute Gasteiger partial charge is 0.411 e. The minimum atomic E-state index is -0.765. The number of nitrogens with zero attached hydrogens (tertiary/aromatic N) is 2. The fourth-order valence-corrected chi connectivity index (χ4v) is 2.67. The summed E-state index contributed by atoms with van der Waals surface area (Å²) in [6.45, 7) is 0.392. The zero-order chi connectivity index (χ0) is 20.8. The van der Waals surface area contributed by atoms with Gasteiger partial charge >= 0.3 is 6.09 Å². The Kier molecular flexibility index (Phi) is 6.46. The van der Waals surface area contributed by atoms with E-state index < -0.39 is 17.9 Å². The predicted molar refractivity (Wildman–Crippen MR) is 106 cm³/mol. The topological polar surface area (TPSA) is 87.3 Å². The molecule has 3 rings (SSSR count). The first-order valence-corrected chi connectivity index (χ1v) is 9.01. The second-order valence-corrected chi connectivity index (χ2v) is 6.72. The van der Waals surface area contributed by atoms with Crippen LogP contribution in [0.2, 0.25) is 5.02 Å². The van der Waals surface area contributed by atoms with E-state index in [1.165, 1.54) is 4.90 Å². The summed E-state index contributed by atoms with van der Waals surface area (Å²) in [4.78, 5) is 25.5. The highest BCUT2D eigenvalue weighted by molar-refractivity contribution is 6.30. The van der Waals surface area contributed by atoms with Crippen LogP contribution in [0.25, 0.3) is 0 Å². The van der Waals surface area contributed by atoms with Gasteiger partial charge in [-0.2, -0.15) is 9.49 Å². The zero-order valence-electron chi connectivity index (χ0n) is 15.5. The van der Waals surface area contributed by atoms with Gasteiger partial charge in [0, 0.05) is 24.3 Å². The highest BCUT2D eigenvalue weighted by Gasteiger charge is 2.18. The number of aromatic nitrogens is 2. The molecule has 0 spiro atoms. The maximum Gasteiger partial charge on any atom is 0.411 e. The number of hydrogen-bond donors (Lipinski definition) is 2. The van der Waals surface area contributed by atoms with Crippen molar-refractivity contribution in [3.05, 3.63) is 82.4 Å². The molecule has 3 aromatic rings. The van der Waals surface area contributed by atoms with Crippen molar-refractivity contribution >= 4 is 29.3 Å². The average molecular weight is 417 g/mol. The normalized spacial score (nSPS) is 10.4.